The van der Waals surface area contributed by atoms with Gasteiger partial charge in [0.2, 0.25) is 5.91 Å². The molecule has 1 aromatic heterocycles. The molecular weight excluding hydrogens is 390 g/mol. The maximum absolute atomic E-state index is 12.9. The van der Waals surface area contributed by atoms with E-state index in [2.05, 4.69) is 22.1 Å². The molecular formula is C22H24F2N4O2. The largest absolute Gasteiger partial charge is 0.488 e. The molecule has 6 nitrogen and oxygen atoms in total. The number of hydrogen-bond donors (Lipinski definition) is 2. The molecule has 0 bridgehead atoms. The smallest absolute Gasteiger partial charge is 0.272 e. The molecule has 2 N–H and O–H groups in total. The average molecular weight is 414 g/mol. The fourth-order valence-electron chi connectivity index (χ4n) is 3.16. The molecule has 0 radical (unpaired) electrons. The quantitative estimate of drug-likeness (QED) is 0.602. The summed E-state index contributed by atoms with van der Waals surface area (Å²) in [4.78, 5) is 14.6. The number of anilines is 1. The lowest BCUT2D eigenvalue weighted by Gasteiger charge is -2.19. The minimum atomic E-state index is -2.54. The number of hydrogen-bond acceptors (Lipinski definition) is 4. The van der Waals surface area contributed by atoms with Gasteiger partial charge in [-0.2, -0.15) is 5.10 Å². The Morgan fingerprint density at radius 1 is 1.47 bits per heavy atom. The lowest BCUT2D eigenvalue weighted by atomic mass is 10.1. The van der Waals surface area contributed by atoms with Gasteiger partial charge in [-0.1, -0.05) is 24.8 Å². The predicted molar refractivity (Wildman–Crippen MR) is 112 cm³/mol. The van der Waals surface area contributed by atoms with Crippen LogP contribution in [0.2, 0.25) is 0 Å². The first-order valence-electron chi connectivity index (χ1n) is 9.59. The number of alkyl halides is 2. The highest BCUT2D eigenvalue weighted by Crippen LogP contribution is 2.24. The summed E-state index contributed by atoms with van der Waals surface area (Å²) in [6.07, 6.45) is 7.09. The topological polar surface area (TPSA) is 70.2 Å². The number of aromatic amines is 1. The summed E-state index contributed by atoms with van der Waals surface area (Å²) in [5.41, 5.74) is 3.09. The Hall–Kier alpha value is -3.42. The summed E-state index contributed by atoms with van der Waals surface area (Å²) >= 11 is 0. The van der Waals surface area contributed by atoms with Crippen molar-refractivity contribution in [2.45, 2.75) is 25.8 Å². The van der Waals surface area contributed by atoms with Crippen molar-refractivity contribution in [1.29, 1.82) is 0 Å². The monoisotopic (exact) mass is 414 g/mol. The number of H-pyrrole nitrogens is 1. The number of rotatable bonds is 9. The molecule has 0 spiro atoms. The number of carbonyl (C=O) groups is 1. The van der Waals surface area contributed by atoms with Crippen molar-refractivity contribution in [2.75, 3.05) is 18.5 Å². The minimum absolute atomic E-state index is 0.0550. The van der Waals surface area contributed by atoms with Crippen molar-refractivity contribution in [1.82, 2.24) is 15.1 Å². The Bertz CT molecular complexity index is 938. The van der Waals surface area contributed by atoms with Gasteiger partial charge in [0.25, 0.3) is 6.43 Å². The van der Waals surface area contributed by atoms with Crippen LogP contribution in [0.4, 0.5) is 14.5 Å². The van der Waals surface area contributed by atoms with Crippen LogP contribution in [-0.4, -0.2) is 46.6 Å². The first kappa shape index (κ1) is 21.3. The average Bonchev–Trinajstić information content (AvgIpc) is 3.39. The molecule has 1 saturated heterocycles. The fraction of sp³-hybridized carbons (Fsp3) is 0.273. The standard InChI is InChI=1S/C22H24F2N4O2/c1-3-18(8-7-15(2)16-12-25-26-13-16)28-10-9-20(22(28)29)27-17-5-4-6-19(11-17)30-14-21(23)24/h3-8,11-13,20-21,27H,2,9-10,14H2,1H3,(H,25,26)/b8-7-,18-3+. The number of halogens is 2. The highest BCUT2D eigenvalue weighted by Gasteiger charge is 2.32. The van der Waals surface area contributed by atoms with Crippen LogP contribution in [0.5, 0.6) is 5.75 Å². The Morgan fingerprint density at radius 2 is 2.30 bits per heavy atom. The molecule has 2 heterocycles. The molecule has 1 atom stereocenters. The minimum Gasteiger partial charge on any atom is -0.488 e. The van der Waals surface area contributed by atoms with E-state index >= 15 is 0 Å². The molecule has 1 aliphatic rings. The van der Waals surface area contributed by atoms with Gasteiger partial charge in [0, 0.05) is 35.8 Å². The van der Waals surface area contributed by atoms with Crippen LogP contribution >= 0.6 is 0 Å². The number of benzene rings is 1. The van der Waals surface area contributed by atoms with Crippen LogP contribution in [0.1, 0.15) is 18.9 Å². The predicted octanol–water partition coefficient (Wildman–Crippen LogP) is 4.24. The van der Waals surface area contributed by atoms with Gasteiger partial charge in [-0.15, -0.1) is 0 Å². The maximum Gasteiger partial charge on any atom is 0.272 e. The number of nitrogens with one attached hydrogen (secondary N) is 2. The van der Waals surface area contributed by atoms with Crippen molar-refractivity contribution in [3.63, 3.8) is 0 Å². The van der Waals surface area contributed by atoms with Gasteiger partial charge in [-0.3, -0.25) is 9.89 Å². The van der Waals surface area contributed by atoms with Crippen LogP contribution in [-0.2, 0) is 4.79 Å². The first-order valence-corrected chi connectivity index (χ1v) is 9.59. The molecule has 1 aromatic carbocycles. The van der Waals surface area contributed by atoms with E-state index in [1.165, 1.54) is 0 Å². The molecule has 1 unspecified atom stereocenters. The third-order valence-corrected chi connectivity index (χ3v) is 4.69. The summed E-state index contributed by atoms with van der Waals surface area (Å²) in [6.45, 7) is 5.78. The van der Waals surface area contributed by atoms with Gasteiger partial charge in [0.15, 0.2) is 0 Å². The second-order valence-electron chi connectivity index (χ2n) is 6.76. The van der Waals surface area contributed by atoms with Crippen LogP contribution in [0, 0.1) is 0 Å². The summed E-state index contributed by atoms with van der Waals surface area (Å²) in [5, 5.41) is 9.82. The van der Waals surface area contributed by atoms with E-state index in [9.17, 15) is 13.6 Å². The van der Waals surface area contributed by atoms with Gasteiger partial charge >= 0.3 is 0 Å². The molecule has 2 aromatic rings. The molecule has 0 saturated carbocycles. The van der Waals surface area contributed by atoms with Crippen molar-refractivity contribution >= 4 is 17.2 Å². The number of nitrogens with zero attached hydrogens (tertiary/aromatic N) is 2. The number of amides is 1. The Morgan fingerprint density at radius 3 is 3.00 bits per heavy atom. The molecule has 1 amide bonds. The second-order valence-corrected chi connectivity index (χ2v) is 6.76. The molecule has 30 heavy (non-hydrogen) atoms. The van der Waals surface area contributed by atoms with E-state index in [1.807, 2.05) is 25.2 Å². The lowest BCUT2D eigenvalue weighted by molar-refractivity contribution is -0.126. The zero-order chi connectivity index (χ0) is 21.5. The summed E-state index contributed by atoms with van der Waals surface area (Å²) in [6, 6.07) is 6.28. The zero-order valence-corrected chi connectivity index (χ0v) is 16.6. The number of aromatic nitrogens is 2. The van der Waals surface area contributed by atoms with E-state index in [4.69, 9.17) is 4.74 Å². The lowest BCUT2D eigenvalue weighted by Crippen LogP contribution is -2.32. The van der Waals surface area contributed by atoms with E-state index in [1.54, 1.807) is 41.6 Å². The third kappa shape index (κ3) is 5.34. The zero-order valence-electron chi connectivity index (χ0n) is 16.6. The van der Waals surface area contributed by atoms with E-state index in [0.29, 0.717) is 24.4 Å². The van der Waals surface area contributed by atoms with E-state index in [-0.39, 0.29) is 5.91 Å². The molecule has 1 aliphatic heterocycles. The Kier molecular flexibility index (Phi) is 7.00. The van der Waals surface area contributed by atoms with Gasteiger partial charge < -0.3 is 15.0 Å². The van der Waals surface area contributed by atoms with Crippen molar-refractivity contribution in [3.05, 3.63) is 72.7 Å². The highest BCUT2D eigenvalue weighted by atomic mass is 19.3. The molecule has 0 aliphatic carbocycles. The van der Waals surface area contributed by atoms with Crippen molar-refractivity contribution in [3.8, 4) is 5.75 Å². The van der Waals surface area contributed by atoms with Gasteiger partial charge in [0.1, 0.15) is 18.4 Å². The molecule has 1 fully saturated rings. The second kappa shape index (κ2) is 9.87. The summed E-state index contributed by atoms with van der Waals surface area (Å²) in [7, 11) is 0. The summed E-state index contributed by atoms with van der Waals surface area (Å²) < 4.78 is 29.7. The van der Waals surface area contributed by atoms with Crippen LogP contribution < -0.4 is 10.1 Å². The Labute approximate surface area is 173 Å². The SMILES string of the molecule is C=C(/C=C\C(=C/C)N1CCC(Nc2cccc(OCC(F)F)c2)C1=O)c1cn[nH]c1. The number of likely N-dealkylation sites (tertiary alicyclic amines) is 1. The van der Waals surface area contributed by atoms with E-state index < -0.39 is 19.1 Å². The van der Waals surface area contributed by atoms with Crippen LogP contribution in [0.25, 0.3) is 5.57 Å². The Balaban J connectivity index is 1.62. The molecule has 3 rings (SSSR count). The molecule has 158 valence electrons. The van der Waals surface area contributed by atoms with Crippen molar-refractivity contribution in [2.24, 2.45) is 0 Å². The maximum atomic E-state index is 12.9. The normalized spacial score (nSPS) is 17.2. The molecule has 8 heteroatoms. The van der Waals surface area contributed by atoms with Crippen molar-refractivity contribution < 1.29 is 18.3 Å². The highest BCUT2D eigenvalue weighted by molar-refractivity contribution is 5.88. The number of carbonyl (C=O) groups excluding carboxylic acids is 1. The van der Waals surface area contributed by atoms with E-state index in [0.717, 1.165) is 16.8 Å². The number of ether oxygens (including phenoxy) is 1. The third-order valence-electron chi connectivity index (χ3n) is 4.69. The van der Waals surface area contributed by atoms with Crippen LogP contribution in [0.3, 0.4) is 0 Å². The van der Waals surface area contributed by atoms with Gasteiger partial charge in [0.05, 0.1) is 6.20 Å². The van der Waals surface area contributed by atoms with Gasteiger partial charge in [-0.05, 0) is 37.1 Å². The number of allylic oxidation sites excluding steroid dienone is 4. The van der Waals surface area contributed by atoms with Gasteiger partial charge in [-0.25, -0.2) is 8.78 Å². The fourth-order valence-corrected chi connectivity index (χ4v) is 3.16. The van der Waals surface area contributed by atoms with Crippen LogP contribution in [0.15, 0.2) is 67.2 Å². The summed E-state index contributed by atoms with van der Waals surface area (Å²) in [5.74, 6) is 0.276. The first-order chi connectivity index (χ1) is 14.5.